The summed E-state index contributed by atoms with van der Waals surface area (Å²) >= 11 is 0. The molecule has 1 aliphatic carbocycles. The Kier molecular flexibility index (Phi) is 40.2. The number of H-pyrrole nitrogens is 1. The number of phenolic OH excluding ortho intramolecular Hbond substituents is 2. The highest BCUT2D eigenvalue weighted by atomic mass is 16.3. The highest BCUT2D eigenvalue weighted by molar-refractivity contribution is 6.00. The van der Waals surface area contributed by atoms with Gasteiger partial charge in [-0.1, -0.05) is 92.5 Å². The van der Waals surface area contributed by atoms with Crippen LogP contribution in [0.15, 0.2) is 76.0 Å². The van der Waals surface area contributed by atoms with Crippen LogP contribution < -0.4 is 110 Å². The minimum Gasteiger partial charge on any atom is -0.508 e. The van der Waals surface area contributed by atoms with E-state index >= 15 is 0 Å². The van der Waals surface area contributed by atoms with Crippen molar-refractivity contribution in [3.8, 4) is 11.5 Å². The smallest absolute Gasteiger partial charge is 0.245 e. The molecule has 32 N–H and O–H groups in total. The fourth-order valence-electron chi connectivity index (χ4n) is 13.0. The number of amides is 14. The Bertz CT molecular complexity index is 4020. The lowest BCUT2D eigenvalue weighted by molar-refractivity contribution is -0.144. The molecule has 14 amide bonds. The van der Waals surface area contributed by atoms with Gasteiger partial charge in [-0.15, -0.1) is 0 Å². The van der Waals surface area contributed by atoms with Gasteiger partial charge in [-0.2, -0.15) is 0 Å². The van der Waals surface area contributed by atoms with Crippen LogP contribution in [0.4, 0.5) is 0 Å². The largest absolute Gasteiger partial charge is 0.508 e. The highest BCUT2D eigenvalue weighted by Crippen LogP contribution is 2.46. The second-order valence-corrected chi connectivity index (χ2v) is 30.9. The van der Waals surface area contributed by atoms with Crippen molar-refractivity contribution in [2.24, 2.45) is 89.9 Å². The van der Waals surface area contributed by atoms with Crippen LogP contribution in [-0.4, -0.2) is 224 Å². The average molecular weight is 1670 g/mol. The molecule has 119 heavy (non-hydrogen) atoms. The first-order valence-electron chi connectivity index (χ1n) is 39.5. The van der Waals surface area contributed by atoms with Gasteiger partial charge in [0.1, 0.15) is 78.0 Å². The maximum atomic E-state index is 14.8. The monoisotopic (exact) mass is 1670 g/mol. The minimum atomic E-state index is -1.82. The first-order chi connectivity index (χ1) is 55.9. The molecule has 4 rings (SSSR count). The zero-order valence-electron chi connectivity index (χ0n) is 69.1. The number of nitrogens with one attached hydrogen (secondary N) is 13. The molecule has 0 bridgehead atoms. The molecular weight excluding hydrogens is 1550 g/mol. The van der Waals surface area contributed by atoms with E-state index in [1.165, 1.54) is 62.8 Å². The van der Waals surface area contributed by atoms with E-state index in [1.807, 2.05) is 0 Å². The lowest BCUT2D eigenvalue weighted by Gasteiger charge is -2.51. The molecule has 1 aromatic heterocycles. The van der Waals surface area contributed by atoms with Gasteiger partial charge in [-0.05, 0) is 117 Å². The number of phenols is 2. The Morgan fingerprint density at radius 3 is 1.28 bits per heavy atom. The van der Waals surface area contributed by atoms with Gasteiger partial charge < -0.3 is 130 Å². The lowest BCUT2D eigenvalue weighted by atomic mass is 9.58. The summed E-state index contributed by atoms with van der Waals surface area (Å²) in [4.78, 5) is 216. The maximum Gasteiger partial charge on any atom is 0.245 e. The molecule has 658 valence electrons. The Morgan fingerprint density at radius 1 is 0.479 bits per heavy atom. The number of aromatic hydroxyl groups is 2. The number of primary amides is 2. The second kappa shape index (κ2) is 48.3. The van der Waals surface area contributed by atoms with E-state index in [0.29, 0.717) is 16.8 Å². The van der Waals surface area contributed by atoms with Crippen molar-refractivity contribution in [1.82, 2.24) is 73.8 Å². The van der Waals surface area contributed by atoms with Crippen molar-refractivity contribution in [3.05, 3.63) is 77.9 Å². The first-order valence-corrected chi connectivity index (χ1v) is 39.5. The van der Waals surface area contributed by atoms with E-state index in [0.717, 1.165) is 0 Å². The number of benzene rings is 2. The van der Waals surface area contributed by atoms with Gasteiger partial charge in [0.05, 0.1) is 18.9 Å². The van der Waals surface area contributed by atoms with E-state index in [2.05, 4.69) is 88.7 Å². The molecule has 16 atom stereocenters. The number of aliphatic hydroxyl groups excluding tert-OH is 1. The van der Waals surface area contributed by atoms with Crippen LogP contribution in [0.2, 0.25) is 0 Å². The first kappa shape index (κ1) is 99.0. The van der Waals surface area contributed by atoms with E-state index in [9.17, 15) is 82.4 Å². The van der Waals surface area contributed by atoms with Crippen molar-refractivity contribution < 1.29 is 82.4 Å². The number of hydrogen-bond donors (Lipinski definition) is 24. The number of carbonyl (C=O) groups is 14. The molecule has 42 nitrogen and oxygen atoms in total. The van der Waals surface area contributed by atoms with Crippen LogP contribution in [0.5, 0.6) is 11.5 Å². The van der Waals surface area contributed by atoms with Crippen molar-refractivity contribution in [1.29, 1.82) is 0 Å². The van der Waals surface area contributed by atoms with Crippen LogP contribution in [0.25, 0.3) is 0 Å². The molecule has 2 aromatic carbocycles. The predicted octanol–water partition coefficient (Wildman–Crippen LogP) is -5.23. The molecule has 0 spiro atoms. The van der Waals surface area contributed by atoms with Gasteiger partial charge in [-0.3, -0.25) is 82.1 Å². The molecule has 0 radical (unpaired) electrons. The molecule has 1 saturated carbocycles. The van der Waals surface area contributed by atoms with Gasteiger partial charge in [0.25, 0.3) is 0 Å². The second-order valence-electron chi connectivity index (χ2n) is 30.9. The Labute approximate surface area is 690 Å². The van der Waals surface area contributed by atoms with Crippen LogP contribution in [0.1, 0.15) is 157 Å². The van der Waals surface area contributed by atoms with E-state index in [-0.39, 0.29) is 138 Å². The van der Waals surface area contributed by atoms with Crippen LogP contribution in [0.3, 0.4) is 0 Å². The molecule has 0 unspecified atom stereocenters. The summed E-state index contributed by atoms with van der Waals surface area (Å²) in [5.41, 5.74) is 44.9. The van der Waals surface area contributed by atoms with E-state index in [1.54, 1.807) is 67.5 Å². The van der Waals surface area contributed by atoms with Gasteiger partial charge in [0.15, 0.2) is 17.9 Å². The number of hydrogen-bond acceptors (Lipinski definition) is 21. The number of guanidine groups is 3. The molecular formula is C77H123N25O17. The molecule has 0 saturated heterocycles. The Morgan fingerprint density at radius 2 is 0.857 bits per heavy atom. The van der Waals surface area contributed by atoms with Crippen molar-refractivity contribution >= 4 is 101 Å². The summed E-state index contributed by atoms with van der Waals surface area (Å²) in [6.45, 7) is 16.0. The van der Waals surface area contributed by atoms with Gasteiger partial charge in [-0.25, -0.2) is 4.98 Å². The number of imidazole rings is 1. The number of nitrogens with zero attached hydrogens (tertiary/aromatic N) is 4. The summed E-state index contributed by atoms with van der Waals surface area (Å²) in [5.74, 6) is -15.8. The lowest BCUT2D eigenvalue weighted by Crippen LogP contribution is -2.66. The maximum absolute atomic E-state index is 14.8. The summed E-state index contributed by atoms with van der Waals surface area (Å²) in [6, 6.07) is -5.38. The zero-order chi connectivity index (χ0) is 89.1. The van der Waals surface area contributed by atoms with Crippen molar-refractivity contribution in [2.75, 3.05) is 19.6 Å². The van der Waals surface area contributed by atoms with E-state index in [4.69, 9.17) is 45.9 Å². The standard InChI is InChI=1S/C77H123N25O17/c1-11-39(5)59(100-70(116)54(32-44-21-25-47(106)26-22-44)96-67(113)55(33-45-36-86-37-90-45)97-64(110)49(91-42(8)104)16-13-27-87-74(80)81)71(117)98-56(35-58(78)107)68(114)95-53(30-38(3)4)69(115)101-60(40(6)12-2)72(118)102-61(41(7)103)73(119)93-51(18-15-29-89-76(84)85)66(112)99-57-34-48(77(57,9)10)63(109)92-50(17-14-28-88-75(82)83)65(111)94-52(62(79)108)31-43-19-23-46(105)24-20-43/h19-26,36-41,48-57,59-61,103,105-106H,11-18,27-35H2,1-10H3,(H2,78,107)(H2,79,108)(H,86,90)(H,91,104)(H,92,109)(H,93,119)(H,94,111)(H,95,114)(H,96,113)(H,97,110)(H,98,117)(H,99,112)(H,100,116)(H,101,115)(H,102,118)(H4,80,81,87)(H4,82,83,88)(H4,84,85,89)/t39-,40-,41+,48-,49-,50-,51-,52-,53-,54-,55-,56-,57-,59-,60-,61-/m0/s1. The highest BCUT2D eigenvalue weighted by Gasteiger charge is 2.53. The minimum absolute atomic E-state index is 0.00390. The summed E-state index contributed by atoms with van der Waals surface area (Å²) in [6.07, 6.45) is 0.543. The normalized spacial score (nSPS) is 16.8. The predicted molar refractivity (Wildman–Crippen MR) is 439 cm³/mol. The SMILES string of the molecule is CC[C@H](C)[C@H](NC(=O)[C@H](Cc1ccc(O)cc1)NC(=O)[C@H](Cc1cnc[nH]1)NC(=O)[C@H](CCCN=C(N)N)NC(C)=O)C(=O)N[C@@H](CC(N)=O)C(=O)N[C@@H](CC(C)C)C(=O)N[C@H](C(=O)N[C@H](C(=O)N[C@@H](CCCN=C(N)N)C(=O)N[C@H]1C[C@@H](C(=O)N[C@@H](CCCN=C(N)N)C(=O)N[C@@H](Cc2ccc(O)cc2)C(N)=O)C1(C)C)[C@@H](C)O)[C@@H](C)CC. The van der Waals surface area contributed by atoms with Crippen LogP contribution in [0, 0.1) is 29.1 Å². The Hall–Kier alpha value is -12.4. The van der Waals surface area contributed by atoms with Crippen LogP contribution in [-0.2, 0) is 86.4 Å². The third-order valence-corrected chi connectivity index (χ3v) is 20.4. The fraction of sp³-hybridized carbons (Fsp3) is 0.584. The molecule has 3 aromatic rings. The summed E-state index contributed by atoms with van der Waals surface area (Å²) < 4.78 is 0. The molecule has 1 heterocycles. The zero-order valence-corrected chi connectivity index (χ0v) is 69.1. The molecule has 42 heteroatoms. The summed E-state index contributed by atoms with van der Waals surface area (Å²) in [7, 11) is 0. The number of aliphatic hydroxyl groups is 1. The van der Waals surface area contributed by atoms with Crippen LogP contribution >= 0.6 is 0 Å². The van der Waals surface area contributed by atoms with Gasteiger partial charge in [0, 0.05) is 69.7 Å². The topological polar surface area (TPSA) is 718 Å². The molecule has 1 aliphatic rings. The molecule has 1 fully saturated rings. The summed E-state index contributed by atoms with van der Waals surface area (Å²) in [5, 5.41) is 62.9. The van der Waals surface area contributed by atoms with Gasteiger partial charge in [0.2, 0.25) is 82.7 Å². The third kappa shape index (κ3) is 33.6. The van der Waals surface area contributed by atoms with E-state index < -0.39 is 191 Å². The number of rotatable bonds is 51. The number of aromatic nitrogens is 2. The molecule has 0 aliphatic heterocycles. The third-order valence-electron chi connectivity index (χ3n) is 20.4. The van der Waals surface area contributed by atoms with Crippen molar-refractivity contribution in [3.63, 3.8) is 0 Å². The number of aromatic amines is 1. The number of nitrogens with two attached hydrogens (primary N) is 8. The fourth-order valence-corrected chi connectivity index (χ4v) is 13.0. The average Bonchev–Trinajstić information content (AvgIpc) is 0.813. The number of aliphatic imine (C=N–C) groups is 3. The Balaban J connectivity index is 1.57. The van der Waals surface area contributed by atoms with Crippen molar-refractivity contribution in [2.45, 2.75) is 238 Å². The van der Waals surface area contributed by atoms with Gasteiger partial charge >= 0.3 is 0 Å². The number of carbonyl (C=O) groups excluding carboxylic acids is 14. The quantitative estimate of drug-likeness (QED) is 0.0143.